The van der Waals surface area contributed by atoms with Gasteiger partial charge in [-0.25, -0.2) is 0 Å². The zero-order valence-electron chi connectivity index (χ0n) is 18.3. The second-order valence-electron chi connectivity index (χ2n) is 11.4. The first-order chi connectivity index (χ1) is 14.2. The van der Waals surface area contributed by atoms with Gasteiger partial charge in [0.25, 0.3) is 0 Å². The Hall–Kier alpha value is -0.157. The molecule has 4 fully saturated rings. The molecule has 0 radical (unpaired) electrons. The summed E-state index contributed by atoms with van der Waals surface area (Å²) < 4.78 is 2.20. The van der Waals surface area contributed by atoms with Crippen LogP contribution in [0, 0.1) is 59.2 Å². The Labute approximate surface area is 189 Å². The number of allylic oxidation sites excluding steroid dienone is 8. The van der Waals surface area contributed by atoms with Gasteiger partial charge < -0.3 is 0 Å². The SMILES string of the molecule is CC1CCCC2C3C=CC=CC3[CH]([Zr][CH]3C4C=CC=CC4C4CCCC(C)C43)C12. The topological polar surface area (TPSA) is 0 Å². The zero-order valence-corrected chi connectivity index (χ0v) is 20.7. The van der Waals surface area contributed by atoms with Gasteiger partial charge in [0.15, 0.2) is 0 Å². The summed E-state index contributed by atoms with van der Waals surface area (Å²) in [4.78, 5) is 0. The van der Waals surface area contributed by atoms with Gasteiger partial charge in [-0.15, -0.1) is 0 Å². The van der Waals surface area contributed by atoms with E-state index in [0.717, 1.165) is 66.4 Å². The molecule has 4 saturated carbocycles. The summed E-state index contributed by atoms with van der Waals surface area (Å²) in [6.07, 6.45) is 29.2. The van der Waals surface area contributed by atoms with Gasteiger partial charge in [-0.2, -0.15) is 0 Å². The molecule has 12 unspecified atom stereocenters. The number of hydrogen-bond donors (Lipinski definition) is 0. The number of rotatable bonds is 2. The molecule has 0 amide bonds. The van der Waals surface area contributed by atoms with Crippen molar-refractivity contribution in [1.82, 2.24) is 0 Å². The molecule has 12 atom stereocenters. The van der Waals surface area contributed by atoms with Crippen LogP contribution in [-0.4, -0.2) is 0 Å². The normalized spacial score (nSPS) is 54.6. The van der Waals surface area contributed by atoms with Crippen molar-refractivity contribution >= 4 is 0 Å². The van der Waals surface area contributed by atoms with Gasteiger partial charge in [-0.1, -0.05) is 0 Å². The van der Waals surface area contributed by atoms with Crippen molar-refractivity contribution in [3.05, 3.63) is 48.6 Å². The van der Waals surface area contributed by atoms with E-state index in [0.29, 0.717) is 0 Å². The molecule has 0 spiro atoms. The van der Waals surface area contributed by atoms with Crippen LogP contribution in [0.15, 0.2) is 48.6 Å². The van der Waals surface area contributed by atoms with Crippen molar-refractivity contribution in [3.63, 3.8) is 0 Å². The molecule has 6 rings (SSSR count). The molecule has 0 aromatic rings. The van der Waals surface area contributed by atoms with Crippen LogP contribution in [0.3, 0.4) is 0 Å². The Morgan fingerprint density at radius 1 is 0.552 bits per heavy atom. The molecule has 0 saturated heterocycles. The second kappa shape index (κ2) is 7.76. The molecular formula is C28H38Zr. The molecule has 0 aromatic carbocycles. The van der Waals surface area contributed by atoms with E-state index in [9.17, 15) is 0 Å². The summed E-state index contributed by atoms with van der Waals surface area (Å²) in [6, 6.07) is 0. The predicted molar refractivity (Wildman–Crippen MR) is 118 cm³/mol. The Balaban J connectivity index is 1.34. The van der Waals surface area contributed by atoms with Crippen LogP contribution in [0.1, 0.15) is 52.4 Å². The van der Waals surface area contributed by atoms with E-state index in [-0.39, 0.29) is 0 Å². The van der Waals surface area contributed by atoms with Crippen molar-refractivity contribution in [3.8, 4) is 0 Å². The fraction of sp³-hybridized carbons (Fsp3) is 0.714. The second-order valence-corrected chi connectivity index (χ2v) is 15.5. The molecule has 0 heterocycles. The van der Waals surface area contributed by atoms with E-state index in [2.05, 4.69) is 62.5 Å². The van der Waals surface area contributed by atoms with Crippen LogP contribution >= 0.6 is 0 Å². The van der Waals surface area contributed by atoms with Crippen molar-refractivity contribution in [2.75, 3.05) is 0 Å². The molecule has 0 bridgehead atoms. The van der Waals surface area contributed by atoms with Crippen LogP contribution in [0.5, 0.6) is 0 Å². The summed E-state index contributed by atoms with van der Waals surface area (Å²) in [6.45, 7) is 5.25. The molecule has 154 valence electrons. The molecule has 0 N–H and O–H groups in total. The van der Waals surface area contributed by atoms with Crippen LogP contribution in [0.2, 0.25) is 7.25 Å². The Morgan fingerprint density at radius 2 is 0.966 bits per heavy atom. The average Bonchev–Trinajstić information content (AvgIpc) is 3.24. The van der Waals surface area contributed by atoms with Crippen LogP contribution in [-0.2, 0) is 23.2 Å². The molecule has 1 heteroatoms. The van der Waals surface area contributed by atoms with E-state index in [1.807, 2.05) is 0 Å². The predicted octanol–water partition coefficient (Wildman–Crippen LogP) is 7.49. The van der Waals surface area contributed by atoms with Crippen molar-refractivity contribution < 1.29 is 23.2 Å². The van der Waals surface area contributed by atoms with Gasteiger partial charge in [0.2, 0.25) is 0 Å². The van der Waals surface area contributed by atoms with E-state index in [1.54, 1.807) is 0 Å². The quantitative estimate of drug-likeness (QED) is 0.396. The van der Waals surface area contributed by atoms with Crippen molar-refractivity contribution in [1.29, 1.82) is 0 Å². The van der Waals surface area contributed by atoms with Crippen LogP contribution in [0.4, 0.5) is 0 Å². The molecule has 6 aliphatic carbocycles. The number of fused-ring (bicyclic) bond motifs is 6. The third-order valence-electron chi connectivity index (χ3n) is 10.2. The summed E-state index contributed by atoms with van der Waals surface area (Å²) >= 11 is -0.500. The van der Waals surface area contributed by atoms with Crippen LogP contribution < -0.4 is 0 Å². The van der Waals surface area contributed by atoms with Gasteiger partial charge in [0.1, 0.15) is 0 Å². The van der Waals surface area contributed by atoms with Gasteiger partial charge in [0.05, 0.1) is 0 Å². The summed E-state index contributed by atoms with van der Waals surface area (Å²) in [7, 11) is 0. The molecule has 29 heavy (non-hydrogen) atoms. The summed E-state index contributed by atoms with van der Waals surface area (Å²) in [5, 5.41) is 0. The van der Waals surface area contributed by atoms with E-state index >= 15 is 0 Å². The fourth-order valence-electron chi connectivity index (χ4n) is 9.14. The molecule has 0 aliphatic heterocycles. The Morgan fingerprint density at radius 3 is 1.41 bits per heavy atom. The molecule has 6 aliphatic rings. The minimum atomic E-state index is -0.500. The Bertz CT molecular complexity index is 681. The summed E-state index contributed by atoms with van der Waals surface area (Å²) in [5.74, 6) is 9.66. The number of hydrogen-bond acceptors (Lipinski definition) is 0. The minimum absolute atomic E-state index is 0.500. The third kappa shape index (κ3) is 3.07. The first-order valence-corrected chi connectivity index (χ1v) is 15.5. The maximum absolute atomic E-state index is 2.67. The standard InChI is InChI=1S/2C14H19.Zr/c2*1-10-5-4-8-13-12-7-3-2-6-11(12)9-14(10)13;/h2*2-3,6-7,9-14H,4-5,8H2,1H3;. The first-order valence-electron chi connectivity index (χ1n) is 12.7. The third-order valence-corrected chi connectivity index (χ3v) is 15.9. The first kappa shape index (κ1) is 19.5. The average molecular weight is 466 g/mol. The van der Waals surface area contributed by atoms with Gasteiger partial charge in [0, 0.05) is 0 Å². The van der Waals surface area contributed by atoms with Gasteiger partial charge in [-0.3, -0.25) is 0 Å². The van der Waals surface area contributed by atoms with E-state index in [4.69, 9.17) is 0 Å². The molecule has 0 nitrogen and oxygen atoms in total. The van der Waals surface area contributed by atoms with Crippen molar-refractivity contribution in [2.45, 2.75) is 59.6 Å². The molecular weight excluding hydrogens is 428 g/mol. The van der Waals surface area contributed by atoms with Gasteiger partial charge in [-0.05, 0) is 0 Å². The molecule has 0 aromatic heterocycles. The Kier molecular flexibility index (Phi) is 5.22. The summed E-state index contributed by atoms with van der Waals surface area (Å²) in [5.41, 5.74) is 0. The monoisotopic (exact) mass is 464 g/mol. The maximum atomic E-state index is 2.67. The van der Waals surface area contributed by atoms with Crippen LogP contribution in [0.25, 0.3) is 0 Å². The van der Waals surface area contributed by atoms with Crippen molar-refractivity contribution in [2.24, 2.45) is 59.2 Å². The van der Waals surface area contributed by atoms with Gasteiger partial charge >= 0.3 is 191 Å². The fourth-order valence-corrected chi connectivity index (χ4v) is 16.9. The zero-order chi connectivity index (χ0) is 19.5. The van der Waals surface area contributed by atoms with E-state index in [1.165, 1.54) is 38.5 Å². The van der Waals surface area contributed by atoms with E-state index < -0.39 is 23.2 Å².